The highest BCUT2D eigenvalue weighted by Gasteiger charge is 2.17. The molecule has 3 N–H and O–H groups in total. The van der Waals surface area contributed by atoms with Gasteiger partial charge >= 0.3 is 0 Å². The molecule has 1 aliphatic rings. The largest absolute Gasteiger partial charge is 0.420 e. The number of morpholine rings is 1. The van der Waals surface area contributed by atoms with Crippen LogP contribution in [0.15, 0.2) is 15.8 Å². The molecule has 15 heavy (non-hydrogen) atoms. The molecule has 1 aromatic rings. The lowest BCUT2D eigenvalue weighted by Crippen LogP contribution is -2.36. The van der Waals surface area contributed by atoms with E-state index in [1.807, 2.05) is 4.90 Å². The van der Waals surface area contributed by atoms with Crippen molar-refractivity contribution in [3.05, 3.63) is 12.0 Å². The lowest BCUT2D eigenvalue weighted by Gasteiger charge is -2.24. The number of hydrogen-bond donors (Lipinski definition) is 2. The Balaban J connectivity index is 2.12. The van der Waals surface area contributed by atoms with E-state index in [4.69, 9.17) is 20.1 Å². The minimum Gasteiger partial charge on any atom is -0.420 e. The van der Waals surface area contributed by atoms with Crippen LogP contribution >= 0.6 is 0 Å². The quantitative estimate of drug-likeness (QED) is 0.300. The Morgan fingerprint density at radius 3 is 2.93 bits per heavy atom. The maximum atomic E-state index is 8.45. The van der Waals surface area contributed by atoms with Crippen molar-refractivity contribution in [2.75, 3.05) is 31.2 Å². The molecular weight excluding hydrogens is 200 g/mol. The maximum Gasteiger partial charge on any atom is 0.298 e. The molecule has 0 saturated carbocycles. The molecule has 0 aliphatic carbocycles. The van der Waals surface area contributed by atoms with Gasteiger partial charge in [0, 0.05) is 13.1 Å². The Morgan fingerprint density at radius 2 is 2.27 bits per heavy atom. The fraction of sp³-hybridized carbons (Fsp3) is 0.500. The summed E-state index contributed by atoms with van der Waals surface area (Å²) in [4.78, 5) is 5.98. The second kappa shape index (κ2) is 4.18. The average molecular weight is 212 g/mol. The van der Waals surface area contributed by atoms with Crippen LogP contribution in [0.25, 0.3) is 0 Å². The standard InChI is InChI=1S/C8H12N4O3/c9-7(11-13)6-5-10-8(15-6)12-1-3-14-4-2-12/h5,13H,1-4H2,(H2,9,11). The second-order valence-corrected chi connectivity index (χ2v) is 3.09. The van der Waals surface area contributed by atoms with E-state index in [1.54, 1.807) is 0 Å². The zero-order valence-corrected chi connectivity index (χ0v) is 8.09. The number of amidine groups is 1. The lowest BCUT2D eigenvalue weighted by atomic mass is 10.5. The van der Waals surface area contributed by atoms with E-state index in [0.717, 1.165) is 13.1 Å². The van der Waals surface area contributed by atoms with E-state index in [9.17, 15) is 0 Å². The monoisotopic (exact) mass is 212 g/mol. The van der Waals surface area contributed by atoms with E-state index in [2.05, 4.69) is 10.1 Å². The maximum absolute atomic E-state index is 8.45. The molecule has 1 aliphatic heterocycles. The minimum absolute atomic E-state index is 0.0815. The van der Waals surface area contributed by atoms with E-state index in [1.165, 1.54) is 6.20 Å². The molecule has 1 aromatic heterocycles. The summed E-state index contributed by atoms with van der Waals surface area (Å²) < 4.78 is 10.5. The minimum atomic E-state index is -0.0815. The summed E-state index contributed by atoms with van der Waals surface area (Å²) in [6.45, 7) is 2.77. The first-order valence-electron chi connectivity index (χ1n) is 4.57. The molecule has 1 saturated heterocycles. The highest BCUT2D eigenvalue weighted by molar-refractivity contribution is 5.94. The first-order valence-corrected chi connectivity index (χ1v) is 4.57. The number of oxime groups is 1. The van der Waals surface area contributed by atoms with Gasteiger partial charge in [-0.3, -0.25) is 0 Å². The van der Waals surface area contributed by atoms with Crippen LogP contribution in [-0.4, -0.2) is 42.3 Å². The number of hydrogen-bond acceptors (Lipinski definition) is 6. The summed E-state index contributed by atoms with van der Waals surface area (Å²) in [5.74, 6) is 0.181. The van der Waals surface area contributed by atoms with Gasteiger partial charge in [0.2, 0.25) is 5.84 Å². The topological polar surface area (TPSA) is 97.1 Å². The van der Waals surface area contributed by atoms with Gasteiger partial charge in [-0.05, 0) is 0 Å². The number of ether oxygens (including phenoxy) is 1. The molecule has 0 bridgehead atoms. The van der Waals surface area contributed by atoms with Gasteiger partial charge in [-0.1, -0.05) is 5.16 Å². The van der Waals surface area contributed by atoms with Gasteiger partial charge < -0.3 is 25.0 Å². The molecule has 0 spiro atoms. The van der Waals surface area contributed by atoms with Crippen LogP contribution in [0.1, 0.15) is 5.76 Å². The number of oxazole rings is 1. The zero-order chi connectivity index (χ0) is 10.7. The summed E-state index contributed by atoms with van der Waals surface area (Å²) in [7, 11) is 0. The van der Waals surface area contributed by atoms with Crippen molar-refractivity contribution in [1.82, 2.24) is 4.98 Å². The van der Waals surface area contributed by atoms with Gasteiger partial charge in [-0.25, -0.2) is 4.98 Å². The smallest absolute Gasteiger partial charge is 0.298 e. The first-order chi connectivity index (χ1) is 7.31. The summed E-state index contributed by atoms with van der Waals surface area (Å²) in [6, 6.07) is 0.472. The van der Waals surface area contributed by atoms with Crippen molar-refractivity contribution in [1.29, 1.82) is 0 Å². The van der Waals surface area contributed by atoms with Crippen LogP contribution in [-0.2, 0) is 4.74 Å². The van der Waals surface area contributed by atoms with Gasteiger partial charge in [0.05, 0.1) is 19.4 Å². The van der Waals surface area contributed by atoms with Gasteiger partial charge in [0.1, 0.15) is 0 Å². The van der Waals surface area contributed by atoms with Crippen molar-refractivity contribution < 1.29 is 14.4 Å². The molecule has 0 aromatic carbocycles. The van der Waals surface area contributed by atoms with Crippen LogP contribution in [0, 0.1) is 0 Å². The summed E-state index contributed by atoms with van der Waals surface area (Å²) in [5.41, 5.74) is 5.36. The van der Waals surface area contributed by atoms with Gasteiger partial charge in [-0.2, -0.15) is 0 Å². The number of rotatable bonds is 2. The third kappa shape index (κ3) is 2.01. The van der Waals surface area contributed by atoms with Crippen LogP contribution in [0.3, 0.4) is 0 Å². The Morgan fingerprint density at radius 1 is 1.53 bits per heavy atom. The predicted molar refractivity (Wildman–Crippen MR) is 52.0 cm³/mol. The molecule has 0 atom stereocenters. The molecule has 2 rings (SSSR count). The molecule has 0 amide bonds. The van der Waals surface area contributed by atoms with E-state index < -0.39 is 0 Å². The third-order valence-corrected chi connectivity index (χ3v) is 2.14. The van der Waals surface area contributed by atoms with Crippen molar-refractivity contribution >= 4 is 11.9 Å². The molecule has 1 fully saturated rings. The van der Waals surface area contributed by atoms with Crippen molar-refractivity contribution in [3.8, 4) is 0 Å². The van der Waals surface area contributed by atoms with Crippen LogP contribution in [0.2, 0.25) is 0 Å². The van der Waals surface area contributed by atoms with Gasteiger partial charge in [0.25, 0.3) is 6.01 Å². The molecule has 0 unspecified atom stereocenters. The lowest BCUT2D eigenvalue weighted by molar-refractivity contribution is 0.120. The number of nitrogens with zero attached hydrogens (tertiary/aromatic N) is 3. The first kappa shape index (κ1) is 9.78. The summed E-state index contributed by atoms with van der Waals surface area (Å²) in [6.07, 6.45) is 1.43. The van der Waals surface area contributed by atoms with Crippen molar-refractivity contribution in [3.63, 3.8) is 0 Å². The Hall–Kier alpha value is -1.76. The van der Waals surface area contributed by atoms with Crippen LogP contribution in [0.4, 0.5) is 6.01 Å². The van der Waals surface area contributed by atoms with Crippen LogP contribution < -0.4 is 10.6 Å². The van der Waals surface area contributed by atoms with E-state index in [-0.39, 0.29) is 11.6 Å². The normalized spacial score (nSPS) is 18.1. The Bertz CT molecular complexity index is 357. The highest BCUT2D eigenvalue weighted by Crippen LogP contribution is 2.15. The second-order valence-electron chi connectivity index (χ2n) is 3.09. The third-order valence-electron chi connectivity index (χ3n) is 2.14. The molecule has 7 heteroatoms. The average Bonchev–Trinajstić information content (AvgIpc) is 2.78. The van der Waals surface area contributed by atoms with Gasteiger partial charge in [-0.15, -0.1) is 0 Å². The fourth-order valence-corrected chi connectivity index (χ4v) is 1.33. The summed E-state index contributed by atoms with van der Waals surface area (Å²) in [5, 5.41) is 11.3. The van der Waals surface area contributed by atoms with Crippen LogP contribution in [0.5, 0.6) is 0 Å². The van der Waals surface area contributed by atoms with E-state index >= 15 is 0 Å². The SMILES string of the molecule is N/C(=N/O)c1cnc(N2CCOCC2)o1. The number of nitrogens with two attached hydrogens (primary N) is 1. The molecular formula is C8H12N4O3. The summed E-state index contributed by atoms with van der Waals surface area (Å²) >= 11 is 0. The molecule has 7 nitrogen and oxygen atoms in total. The molecule has 0 radical (unpaired) electrons. The van der Waals surface area contributed by atoms with Gasteiger partial charge in [0.15, 0.2) is 5.76 Å². The Labute approximate surface area is 86.1 Å². The number of aromatic nitrogens is 1. The van der Waals surface area contributed by atoms with Crippen molar-refractivity contribution in [2.24, 2.45) is 10.9 Å². The fourth-order valence-electron chi connectivity index (χ4n) is 1.33. The molecule has 2 heterocycles. The highest BCUT2D eigenvalue weighted by atomic mass is 16.5. The Kier molecular flexibility index (Phi) is 2.72. The predicted octanol–water partition coefficient (Wildman–Crippen LogP) is -0.394. The van der Waals surface area contributed by atoms with Crippen molar-refractivity contribution in [2.45, 2.75) is 0 Å². The molecule has 82 valence electrons. The zero-order valence-electron chi connectivity index (χ0n) is 8.09. The number of anilines is 1. The van der Waals surface area contributed by atoms with E-state index in [0.29, 0.717) is 19.2 Å².